The molecule has 0 atom stereocenters. The molecule has 1 amide bonds. The standard InChI is InChI=1S/C20H19ClN4O4S/c21-15-5-3-14(4-6-15)18-11-12-20(27)25(24-18)13-1-2-19(26)23-16-7-9-17(10-8-16)30(22,28)29/h3-12H,1-2,13H2,(H,23,26)(H2,22,28,29). The maximum Gasteiger partial charge on any atom is 0.266 e. The first-order chi connectivity index (χ1) is 14.2. The van der Waals surface area contributed by atoms with E-state index in [1.807, 2.05) is 12.1 Å². The molecule has 0 aliphatic carbocycles. The summed E-state index contributed by atoms with van der Waals surface area (Å²) < 4.78 is 23.8. The van der Waals surface area contributed by atoms with E-state index in [0.29, 0.717) is 22.8 Å². The van der Waals surface area contributed by atoms with Crippen LogP contribution in [0.5, 0.6) is 0 Å². The van der Waals surface area contributed by atoms with E-state index in [1.165, 1.54) is 35.0 Å². The Morgan fingerprint density at radius 2 is 1.70 bits per heavy atom. The molecule has 30 heavy (non-hydrogen) atoms. The number of halogens is 1. The van der Waals surface area contributed by atoms with Crippen molar-refractivity contribution in [2.75, 3.05) is 5.32 Å². The molecule has 0 saturated heterocycles. The number of nitrogens with zero attached hydrogens (tertiary/aromatic N) is 2. The van der Waals surface area contributed by atoms with Crippen molar-refractivity contribution in [3.8, 4) is 11.3 Å². The lowest BCUT2D eigenvalue weighted by Crippen LogP contribution is -2.23. The number of aromatic nitrogens is 2. The number of nitrogens with one attached hydrogen (secondary N) is 1. The summed E-state index contributed by atoms with van der Waals surface area (Å²) in [6.45, 7) is 0.276. The number of amides is 1. The van der Waals surface area contributed by atoms with Gasteiger partial charge in [0.25, 0.3) is 5.56 Å². The van der Waals surface area contributed by atoms with Gasteiger partial charge in [-0.2, -0.15) is 5.10 Å². The number of hydrogen-bond acceptors (Lipinski definition) is 5. The van der Waals surface area contributed by atoms with E-state index in [9.17, 15) is 18.0 Å². The minimum atomic E-state index is -3.78. The Bertz CT molecular complexity index is 1210. The third-order valence-electron chi connectivity index (χ3n) is 4.25. The number of hydrogen-bond donors (Lipinski definition) is 2. The monoisotopic (exact) mass is 446 g/mol. The van der Waals surface area contributed by atoms with E-state index in [0.717, 1.165) is 5.56 Å². The second-order valence-electron chi connectivity index (χ2n) is 6.51. The Morgan fingerprint density at radius 3 is 2.33 bits per heavy atom. The summed E-state index contributed by atoms with van der Waals surface area (Å²) in [5.74, 6) is -0.264. The molecule has 3 rings (SSSR count). The Morgan fingerprint density at radius 1 is 1.03 bits per heavy atom. The predicted molar refractivity (Wildman–Crippen MR) is 115 cm³/mol. The smallest absolute Gasteiger partial charge is 0.266 e. The zero-order valence-electron chi connectivity index (χ0n) is 15.8. The maximum atomic E-state index is 12.1. The van der Waals surface area contributed by atoms with Crippen molar-refractivity contribution in [3.63, 3.8) is 0 Å². The number of benzene rings is 2. The highest BCUT2D eigenvalue weighted by Gasteiger charge is 2.09. The zero-order chi connectivity index (χ0) is 21.7. The number of nitrogens with two attached hydrogens (primary N) is 1. The van der Waals surface area contributed by atoms with Gasteiger partial charge in [0, 0.05) is 35.3 Å². The van der Waals surface area contributed by atoms with Crippen molar-refractivity contribution < 1.29 is 13.2 Å². The van der Waals surface area contributed by atoms with E-state index in [-0.39, 0.29) is 29.3 Å². The third-order valence-corrected chi connectivity index (χ3v) is 5.43. The van der Waals surface area contributed by atoms with E-state index < -0.39 is 10.0 Å². The van der Waals surface area contributed by atoms with Gasteiger partial charge in [0.05, 0.1) is 10.6 Å². The van der Waals surface area contributed by atoms with Gasteiger partial charge in [0.1, 0.15) is 0 Å². The Hall–Kier alpha value is -3.01. The van der Waals surface area contributed by atoms with Crippen molar-refractivity contribution in [3.05, 3.63) is 76.0 Å². The lowest BCUT2D eigenvalue weighted by atomic mass is 10.1. The molecule has 0 bridgehead atoms. The molecular formula is C20H19ClN4O4S. The van der Waals surface area contributed by atoms with Gasteiger partial charge in [-0.05, 0) is 48.9 Å². The van der Waals surface area contributed by atoms with Gasteiger partial charge in [-0.25, -0.2) is 18.2 Å². The Labute approximate surface area is 178 Å². The summed E-state index contributed by atoms with van der Waals surface area (Å²) >= 11 is 5.89. The number of anilines is 1. The van der Waals surface area contributed by atoms with Gasteiger partial charge < -0.3 is 5.32 Å². The van der Waals surface area contributed by atoms with Crippen LogP contribution in [0.2, 0.25) is 5.02 Å². The molecule has 156 valence electrons. The van der Waals surface area contributed by atoms with Crippen LogP contribution >= 0.6 is 11.6 Å². The fourth-order valence-corrected chi connectivity index (χ4v) is 3.37. The minimum Gasteiger partial charge on any atom is -0.326 e. The maximum absolute atomic E-state index is 12.1. The molecule has 1 heterocycles. The van der Waals surface area contributed by atoms with Crippen LogP contribution in [0.1, 0.15) is 12.8 Å². The summed E-state index contributed by atoms with van der Waals surface area (Å²) in [5.41, 5.74) is 1.65. The molecule has 0 aliphatic rings. The van der Waals surface area contributed by atoms with Crippen LogP contribution in [0, 0.1) is 0 Å². The second kappa shape index (κ2) is 9.21. The number of primary sulfonamides is 1. The molecule has 3 aromatic rings. The van der Waals surface area contributed by atoms with E-state index >= 15 is 0 Å². The first-order valence-electron chi connectivity index (χ1n) is 8.99. The number of rotatable bonds is 7. The second-order valence-corrected chi connectivity index (χ2v) is 8.51. The first kappa shape index (κ1) is 21.7. The zero-order valence-corrected chi connectivity index (χ0v) is 17.4. The van der Waals surface area contributed by atoms with E-state index in [2.05, 4.69) is 10.4 Å². The van der Waals surface area contributed by atoms with Gasteiger partial charge in [-0.3, -0.25) is 9.59 Å². The van der Waals surface area contributed by atoms with Crippen LogP contribution in [0.4, 0.5) is 5.69 Å². The van der Waals surface area contributed by atoms with E-state index in [4.69, 9.17) is 16.7 Å². The number of carbonyl (C=O) groups is 1. The Balaban J connectivity index is 1.58. The minimum absolute atomic E-state index is 0.0356. The van der Waals surface area contributed by atoms with Gasteiger partial charge >= 0.3 is 0 Å². The van der Waals surface area contributed by atoms with Crippen LogP contribution in [0.3, 0.4) is 0 Å². The highest BCUT2D eigenvalue weighted by atomic mass is 35.5. The van der Waals surface area contributed by atoms with Crippen molar-refractivity contribution in [1.82, 2.24) is 9.78 Å². The molecule has 0 aliphatic heterocycles. The Kier molecular flexibility index (Phi) is 6.66. The van der Waals surface area contributed by atoms with Crippen LogP contribution in [0.15, 0.2) is 70.4 Å². The molecule has 0 unspecified atom stereocenters. The molecule has 10 heteroatoms. The van der Waals surface area contributed by atoms with Gasteiger partial charge in [-0.15, -0.1) is 0 Å². The highest BCUT2D eigenvalue weighted by molar-refractivity contribution is 7.89. The summed E-state index contributed by atoms with van der Waals surface area (Å²) in [7, 11) is -3.78. The molecule has 0 fully saturated rings. The van der Waals surface area contributed by atoms with Crippen molar-refractivity contribution in [2.24, 2.45) is 5.14 Å². The molecule has 3 N–H and O–H groups in total. The largest absolute Gasteiger partial charge is 0.326 e. The van der Waals surface area contributed by atoms with Gasteiger partial charge in [0.2, 0.25) is 15.9 Å². The fraction of sp³-hybridized carbons (Fsp3) is 0.150. The average molecular weight is 447 g/mol. The molecule has 1 aromatic heterocycles. The molecule has 0 radical (unpaired) electrons. The summed E-state index contributed by atoms with van der Waals surface area (Å²) in [5, 5.41) is 12.7. The first-order valence-corrected chi connectivity index (χ1v) is 10.9. The number of sulfonamides is 1. The number of aryl methyl sites for hydroxylation is 1. The molecule has 0 spiro atoms. The SMILES string of the molecule is NS(=O)(=O)c1ccc(NC(=O)CCCn2nc(-c3ccc(Cl)cc3)ccc2=O)cc1. The highest BCUT2D eigenvalue weighted by Crippen LogP contribution is 2.18. The van der Waals surface area contributed by atoms with Crippen LogP contribution in [0.25, 0.3) is 11.3 Å². The van der Waals surface area contributed by atoms with E-state index in [1.54, 1.807) is 18.2 Å². The van der Waals surface area contributed by atoms with Crippen LogP contribution < -0.4 is 16.0 Å². The molecule has 8 nitrogen and oxygen atoms in total. The normalized spacial score (nSPS) is 11.3. The molecule has 0 saturated carbocycles. The van der Waals surface area contributed by atoms with Crippen molar-refractivity contribution in [1.29, 1.82) is 0 Å². The van der Waals surface area contributed by atoms with Crippen LogP contribution in [-0.2, 0) is 21.4 Å². The predicted octanol–water partition coefficient (Wildman–Crippen LogP) is 2.63. The number of carbonyl (C=O) groups excluding carboxylic acids is 1. The van der Waals surface area contributed by atoms with Crippen LogP contribution in [-0.4, -0.2) is 24.1 Å². The quantitative estimate of drug-likeness (QED) is 0.577. The summed E-state index contributed by atoms with van der Waals surface area (Å²) in [6, 6.07) is 15.7. The lowest BCUT2D eigenvalue weighted by molar-refractivity contribution is -0.116. The van der Waals surface area contributed by atoms with Gasteiger partial charge in [0.15, 0.2) is 0 Å². The third kappa shape index (κ3) is 5.76. The topological polar surface area (TPSA) is 124 Å². The summed E-state index contributed by atoms with van der Waals surface area (Å²) in [6.07, 6.45) is 0.564. The van der Waals surface area contributed by atoms with Gasteiger partial charge in [-0.1, -0.05) is 23.7 Å². The summed E-state index contributed by atoms with van der Waals surface area (Å²) in [4.78, 5) is 24.1. The van der Waals surface area contributed by atoms with Crippen molar-refractivity contribution in [2.45, 2.75) is 24.3 Å². The average Bonchev–Trinajstić information content (AvgIpc) is 2.70. The lowest BCUT2D eigenvalue weighted by Gasteiger charge is -2.08. The van der Waals surface area contributed by atoms with Crippen molar-refractivity contribution >= 4 is 33.2 Å². The molecular weight excluding hydrogens is 428 g/mol. The fourth-order valence-electron chi connectivity index (χ4n) is 2.72. The molecule has 2 aromatic carbocycles.